The number of para-hydroxylation sites is 1. The predicted octanol–water partition coefficient (Wildman–Crippen LogP) is 6.20. The highest BCUT2D eigenvalue weighted by Crippen LogP contribution is 2.34. The molecule has 2 aliphatic rings. The molecule has 0 aliphatic carbocycles. The number of hydrogen-bond acceptors (Lipinski definition) is 6. The molecule has 3 amide bonds. The van der Waals surface area contributed by atoms with Crippen LogP contribution in [0.25, 0.3) is 11.8 Å². The van der Waals surface area contributed by atoms with Crippen LogP contribution in [0.3, 0.4) is 0 Å². The number of thioether (sulfide) groups is 1. The SMILES string of the molecule is Cc1cc(/C=C2/SC(=O)N(CC(=O)N3CCN(c4ccccc4)CC3)C2=O)c(C)n1-c1ccc(OCc2ccccc2F)cc1. The molecule has 10 heteroatoms. The Morgan fingerprint density at radius 2 is 1.58 bits per heavy atom. The molecule has 45 heavy (non-hydrogen) atoms. The largest absolute Gasteiger partial charge is 0.489 e. The van der Waals surface area contributed by atoms with Crippen molar-refractivity contribution in [1.29, 1.82) is 0 Å². The first-order valence-corrected chi connectivity index (χ1v) is 15.6. The van der Waals surface area contributed by atoms with E-state index in [4.69, 9.17) is 4.74 Å². The van der Waals surface area contributed by atoms with E-state index in [1.54, 1.807) is 29.2 Å². The highest BCUT2D eigenvalue weighted by atomic mass is 32.2. The monoisotopic (exact) mass is 624 g/mol. The molecule has 2 fully saturated rings. The van der Waals surface area contributed by atoms with Gasteiger partial charge in [-0.2, -0.15) is 0 Å². The summed E-state index contributed by atoms with van der Waals surface area (Å²) in [6.07, 6.45) is 1.72. The number of piperazine rings is 1. The van der Waals surface area contributed by atoms with Crippen LogP contribution in [0.4, 0.5) is 14.9 Å². The van der Waals surface area contributed by atoms with E-state index in [1.165, 1.54) is 6.07 Å². The van der Waals surface area contributed by atoms with Crippen LogP contribution in [-0.4, -0.2) is 64.1 Å². The fourth-order valence-corrected chi connectivity index (χ4v) is 6.49. The molecule has 4 aromatic rings. The maximum absolute atomic E-state index is 13.9. The summed E-state index contributed by atoms with van der Waals surface area (Å²) in [6, 6.07) is 26.0. The third-order valence-electron chi connectivity index (χ3n) is 8.12. The van der Waals surface area contributed by atoms with E-state index in [0.717, 1.165) is 45.0 Å². The molecule has 2 aliphatic heterocycles. The molecule has 0 spiro atoms. The lowest BCUT2D eigenvalue weighted by atomic mass is 10.2. The summed E-state index contributed by atoms with van der Waals surface area (Å²) in [5.41, 5.74) is 5.14. The van der Waals surface area contributed by atoms with Crippen molar-refractivity contribution in [2.75, 3.05) is 37.6 Å². The minimum atomic E-state index is -0.456. The van der Waals surface area contributed by atoms with Crippen molar-refractivity contribution in [2.24, 2.45) is 0 Å². The second-order valence-electron chi connectivity index (χ2n) is 11.0. The van der Waals surface area contributed by atoms with Crippen molar-refractivity contribution in [3.8, 4) is 11.4 Å². The molecule has 1 aromatic heterocycles. The van der Waals surface area contributed by atoms with Gasteiger partial charge in [0.2, 0.25) is 5.91 Å². The quantitative estimate of drug-likeness (QED) is 0.218. The van der Waals surface area contributed by atoms with Crippen molar-refractivity contribution in [3.63, 3.8) is 0 Å². The predicted molar refractivity (Wildman–Crippen MR) is 174 cm³/mol. The van der Waals surface area contributed by atoms with Crippen LogP contribution in [0, 0.1) is 19.7 Å². The van der Waals surface area contributed by atoms with E-state index in [9.17, 15) is 18.8 Å². The van der Waals surface area contributed by atoms with Crippen molar-refractivity contribution in [2.45, 2.75) is 20.5 Å². The van der Waals surface area contributed by atoms with E-state index in [1.807, 2.05) is 74.5 Å². The average molecular weight is 625 g/mol. The maximum Gasteiger partial charge on any atom is 0.294 e. The average Bonchev–Trinajstić information content (AvgIpc) is 3.49. The van der Waals surface area contributed by atoms with Gasteiger partial charge in [0.1, 0.15) is 24.7 Å². The van der Waals surface area contributed by atoms with Gasteiger partial charge in [0, 0.05) is 54.5 Å². The number of nitrogens with zero attached hydrogens (tertiary/aromatic N) is 4. The summed E-state index contributed by atoms with van der Waals surface area (Å²) in [4.78, 5) is 44.4. The van der Waals surface area contributed by atoms with E-state index in [-0.39, 0.29) is 24.9 Å². The molecular weight excluding hydrogens is 591 g/mol. The van der Waals surface area contributed by atoms with Gasteiger partial charge in [-0.15, -0.1) is 0 Å². The second kappa shape index (κ2) is 13.0. The summed E-state index contributed by atoms with van der Waals surface area (Å²) in [6.45, 7) is 6.22. The smallest absolute Gasteiger partial charge is 0.294 e. The zero-order chi connectivity index (χ0) is 31.5. The van der Waals surface area contributed by atoms with Gasteiger partial charge in [0.15, 0.2) is 0 Å². The number of halogens is 1. The number of amides is 3. The van der Waals surface area contributed by atoms with Crippen LogP contribution < -0.4 is 9.64 Å². The van der Waals surface area contributed by atoms with Crippen molar-refractivity contribution < 1.29 is 23.5 Å². The van der Waals surface area contributed by atoms with E-state index >= 15 is 0 Å². The van der Waals surface area contributed by atoms with Crippen molar-refractivity contribution >= 4 is 40.6 Å². The third-order valence-corrected chi connectivity index (χ3v) is 9.03. The molecule has 8 nitrogen and oxygen atoms in total. The molecule has 0 N–H and O–H groups in total. The maximum atomic E-state index is 13.9. The van der Waals surface area contributed by atoms with E-state index in [2.05, 4.69) is 9.47 Å². The van der Waals surface area contributed by atoms with Gasteiger partial charge >= 0.3 is 0 Å². The third kappa shape index (κ3) is 6.51. The van der Waals surface area contributed by atoms with Gasteiger partial charge in [-0.1, -0.05) is 36.4 Å². The zero-order valence-electron chi connectivity index (χ0n) is 25.1. The van der Waals surface area contributed by atoms with Crippen molar-refractivity contribution in [1.82, 2.24) is 14.4 Å². The fourth-order valence-electron chi connectivity index (χ4n) is 5.66. The first-order chi connectivity index (χ1) is 21.8. The number of ether oxygens (including phenoxy) is 1. The Bertz CT molecular complexity index is 1760. The Labute approximate surface area is 265 Å². The van der Waals surface area contributed by atoms with Gasteiger partial charge in [-0.05, 0) is 85.8 Å². The Balaban J connectivity index is 1.09. The molecule has 230 valence electrons. The summed E-state index contributed by atoms with van der Waals surface area (Å²) in [5, 5.41) is -0.442. The number of rotatable bonds is 8. The first-order valence-electron chi connectivity index (χ1n) is 14.8. The van der Waals surface area contributed by atoms with Crippen LogP contribution in [0.5, 0.6) is 5.75 Å². The lowest BCUT2D eigenvalue weighted by Crippen LogP contribution is -2.51. The molecule has 3 heterocycles. The molecule has 0 atom stereocenters. The Morgan fingerprint density at radius 3 is 2.29 bits per heavy atom. The number of benzene rings is 3. The molecule has 0 radical (unpaired) electrons. The standard InChI is InChI=1S/C35H33FN4O4S/c1-24-20-27(25(2)40(24)29-12-14-30(15-13-29)44-23-26-8-6-7-11-31(26)36)21-32-34(42)39(35(43)45-32)22-33(41)38-18-16-37(17-19-38)28-9-4-3-5-10-28/h3-15,20-21H,16-19,22-23H2,1-2H3/b32-21+. The number of aryl methyl sites for hydroxylation is 1. The second-order valence-corrected chi connectivity index (χ2v) is 12.0. The topological polar surface area (TPSA) is 75.1 Å². The lowest BCUT2D eigenvalue weighted by molar-refractivity contribution is -0.136. The van der Waals surface area contributed by atoms with E-state index < -0.39 is 11.1 Å². The number of anilines is 1. The minimum Gasteiger partial charge on any atom is -0.489 e. The van der Waals surface area contributed by atoms with Crippen molar-refractivity contribution in [3.05, 3.63) is 118 Å². The summed E-state index contributed by atoms with van der Waals surface area (Å²) in [7, 11) is 0. The molecule has 0 saturated carbocycles. The number of imide groups is 1. The molecule has 0 bridgehead atoms. The van der Waals surface area contributed by atoms with Gasteiger partial charge in [0.05, 0.1) is 4.91 Å². The van der Waals surface area contributed by atoms with Crippen LogP contribution in [0.15, 0.2) is 89.8 Å². The number of carbonyl (C=O) groups is 3. The van der Waals surface area contributed by atoms with Gasteiger partial charge in [0.25, 0.3) is 11.1 Å². The molecule has 6 rings (SSSR count). The zero-order valence-corrected chi connectivity index (χ0v) is 25.9. The summed E-state index contributed by atoms with van der Waals surface area (Å²) < 4.78 is 21.8. The highest BCUT2D eigenvalue weighted by Gasteiger charge is 2.37. The Kier molecular flexibility index (Phi) is 8.75. The summed E-state index contributed by atoms with van der Waals surface area (Å²) in [5.74, 6) is -0.374. The Morgan fingerprint density at radius 1 is 0.889 bits per heavy atom. The Hall–Kier alpha value is -4.83. The number of carbonyl (C=O) groups excluding carboxylic acids is 3. The molecular formula is C35H33FN4O4S. The van der Waals surface area contributed by atoms with Gasteiger partial charge in [-0.3, -0.25) is 19.3 Å². The number of aromatic nitrogens is 1. The first kappa shape index (κ1) is 30.2. The van der Waals surface area contributed by atoms with E-state index in [0.29, 0.717) is 42.4 Å². The fraction of sp³-hybridized carbons (Fsp3) is 0.229. The van der Waals surface area contributed by atoms with Gasteiger partial charge < -0.3 is 19.1 Å². The van der Waals surface area contributed by atoms with Crippen LogP contribution in [0.1, 0.15) is 22.5 Å². The molecule has 3 aromatic carbocycles. The highest BCUT2D eigenvalue weighted by molar-refractivity contribution is 8.18. The molecule has 2 saturated heterocycles. The van der Waals surface area contributed by atoms with Crippen LogP contribution in [-0.2, 0) is 16.2 Å². The van der Waals surface area contributed by atoms with Crippen LogP contribution >= 0.6 is 11.8 Å². The normalized spacial score (nSPS) is 16.2. The van der Waals surface area contributed by atoms with Crippen LogP contribution in [0.2, 0.25) is 0 Å². The lowest BCUT2D eigenvalue weighted by Gasteiger charge is -2.36. The van der Waals surface area contributed by atoms with Gasteiger partial charge in [-0.25, -0.2) is 4.39 Å². The summed E-state index contributed by atoms with van der Waals surface area (Å²) >= 11 is 0.856. The minimum absolute atomic E-state index is 0.128. The molecule has 0 unspecified atom stereocenters. The number of hydrogen-bond donors (Lipinski definition) is 0.